The maximum absolute atomic E-state index is 13.9. The van der Waals surface area contributed by atoms with E-state index < -0.39 is 11.6 Å². The van der Waals surface area contributed by atoms with Crippen LogP contribution in [0.25, 0.3) is 11.3 Å². The summed E-state index contributed by atoms with van der Waals surface area (Å²) in [6, 6.07) is 3.13. The fourth-order valence-electron chi connectivity index (χ4n) is 3.69. The first-order valence-corrected chi connectivity index (χ1v) is 10.9. The van der Waals surface area contributed by atoms with Crippen LogP contribution < -0.4 is 0 Å². The highest BCUT2D eigenvalue weighted by atomic mass is 19.1. The smallest absolute Gasteiger partial charge is 0.310 e. The minimum Gasteiger partial charge on any atom is -0.466 e. The van der Waals surface area contributed by atoms with Crippen molar-refractivity contribution in [2.75, 3.05) is 33.3 Å². The highest BCUT2D eigenvalue weighted by Crippen LogP contribution is 2.24. The number of halogens is 2. The Balaban J connectivity index is 1.49. The van der Waals surface area contributed by atoms with E-state index in [9.17, 15) is 23.2 Å². The number of likely N-dealkylation sites (tertiary alicyclic amines) is 1. The zero-order chi connectivity index (χ0) is 24.0. The maximum atomic E-state index is 13.9. The summed E-state index contributed by atoms with van der Waals surface area (Å²) < 4.78 is 37.5. The van der Waals surface area contributed by atoms with E-state index in [1.54, 1.807) is 11.8 Å². The fourth-order valence-corrected chi connectivity index (χ4v) is 3.69. The predicted octanol–water partition coefficient (Wildman–Crippen LogP) is 2.81. The van der Waals surface area contributed by atoms with Crippen LogP contribution in [0.1, 0.15) is 32.1 Å². The Hall–Kier alpha value is -3.30. The number of piperidine rings is 1. The molecule has 0 radical (unpaired) electrons. The van der Waals surface area contributed by atoms with Gasteiger partial charge >= 0.3 is 5.97 Å². The molecule has 1 aliphatic rings. The predicted molar refractivity (Wildman–Crippen MR) is 114 cm³/mol. The van der Waals surface area contributed by atoms with Gasteiger partial charge in [-0.25, -0.2) is 13.8 Å². The fraction of sp³-hybridized carbons (Fsp3) is 0.478. The number of aromatic nitrogens is 1. The average Bonchev–Trinajstić information content (AvgIpc) is 3.26. The number of likely N-dealkylation sites (N-methyl/N-ethyl adjacent to an activating group) is 1. The van der Waals surface area contributed by atoms with Crippen molar-refractivity contribution in [2.24, 2.45) is 5.92 Å². The van der Waals surface area contributed by atoms with Gasteiger partial charge in [-0.15, -0.1) is 0 Å². The number of rotatable bonds is 8. The summed E-state index contributed by atoms with van der Waals surface area (Å²) in [5.74, 6) is -2.25. The SMILES string of the molecule is CCOC(=O)C1CCCN(C(=O)CN(C)C(=O)CCc2ncc(-c3ccc(F)cc3F)o2)C1. The number of hydrogen-bond acceptors (Lipinski definition) is 6. The van der Waals surface area contributed by atoms with Crippen molar-refractivity contribution in [3.8, 4) is 11.3 Å². The molecule has 1 aromatic carbocycles. The van der Waals surface area contributed by atoms with Gasteiger partial charge in [-0.3, -0.25) is 14.4 Å². The molecule has 178 valence electrons. The average molecular weight is 463 g/mol. The summed E-state index contributed by atoms with van der Waals surface area (Å²) >= 11 is 0. The van der Waals surface area contributed by atoms with Crippen molar-refractivity contribution in [2.45, 2.75) is 32.6 Å². The number of oxazole rings is 1. The van der Waals surface area contributed by atoms with E-state index >= 15 is 0 Å². The zero-order valence-electron chi connectivity index (χ0n) is 18.7. The van der Waals surface area contributed by atoms with Crippen LogP contribution in [0.15, 0.2) is 28.8 Å². The van der Waals surface area contributed by atoms with Crippen molar-refractivity contribution in [1.29, 1.82) is 0 Å². The molecule has 0 bridgehead atoms. The van der Waals surface area contributed by atoms with E-state index in [4.69, 9.17) is 9.15 Å². The molecule has 2 heterocycles. The lowest BCUT2D eigenvalue weighted by Crippen LogP contribution is -2.47. The van der Waals surface area contributed by atoms with Crippen LogP contribution in [-0.4, -0.2) is 65.9 Å². The zero-order valence-corrected chi connectivity index (χ0v) is 18.7. The van der Waals surface area contributed by atoms with Gasteiger partial charge in [0, 0.05) is 39.0 Å². The second kappa shape index (κ2) is 11.0. The van der Waals surface area contributed by atoms with Crippen molar-refractivity contribution < 1.29 is 32.3 Å². The molecule has 33 heavy (non-hydrogen) atoms. The largest absolute Gasteiger partial charge is 0.466 e. The van der Waals surface area contributed by atoms with Crippen LogP contribution in [0.4, 0.5) is 8.78 Å². The number of nitrogens with zero attached hydrogens (tertiary/aromatic N) is 3. The van der Waals surface area contributed by atoms with Crippen molar-refractivity contribution >= 4 is 17.8 Å². The molecule has 2 aromatic rings. The first-order valence-electron chi connectivity index (χ1n) is 10.9. The van der Waals surface area contributed by atoms with Crippen LogP contribution in [0, 0.1) is 17.6 Å². The number of ether oxygens (including phenoxy) is 1. The quantitative estimate of drug-likeness (QED) is 0.559. The molecule has 1 aromatic heterocycles. The molecule has 3 rings (SSSR count). The number of carbonyl (C=O) groups excluding carboxylic acids is 3. The highest BCUT2D eigenvalue weighted by molar-refractivity contribution is 5.85. The molecule has 0 N–H and O–H groups in total. The van der Waals surface area contributed by atoms with Crippen LogP contribution in [0.2, 0.25) is 0 Å². The number of esters is 1. The molecule has 0 aliphatic carbocycles. The minimum atomic E-state index is -0.769. The molecule has 1 unspecified atom stereocenters. The van der Waals surface area contributed by atoms with Gasteiger partial charge in [-0.05, 0) is 31.9 Å². The molecular formula is C23H27F2N3O5. The van der Waals surface area contributed by atoms with Gasteiger partial charge < -0.3 is 19.0 Å². The van der Waals surface area contributed by atoms with Gasteiger partial charge in [0.2, 0.25) is 11.8 Å². The Morgan fingerprint density at radius 2 is 2.09 bits per heavy atom. The van der Waals surface area contributed by atoms with Gasteiger partial charge in [-0.1, -0.05) is 0 Å². The van der Waals surface area contributed by atoms with Crippen LogP contribution in [0.3, 0.4) is 0 Å². The lowest BCUT2D eigenvalue weighted by atomic mass is 9.98. The monoisotopic (exact) mass is 463 g/mol. The maximum Gasteiger partial charge on any atom is 0.310 e. The molecule has 1 atom stereocenters. The molecule has 8 nitrogen and oxygen atoms in total. The second-order valence-electron chi connectivity index (χ2n) is 7.92. The first-order chi connectivity index (χ1) is 15.8. The molecule has 2 amide bonds. The molecule has 1 saturated heterocycles. The summed E-state index contributed by atoms with van der Waals surface area (Å²) in [5.41, 5.74) is 0.0758. The normalized spacial score (nSPS) is 15.9. The van der Waals surface area contributed by atoms with E-state index in [0.29, 0.717) is 32.5 Å². The van der Waals surface area contributed by atoms with Crippen LogP contribution in [-0.2, 0) is 25.5 Å². The van der Waals surface area contributed by atoms with Crippen molar-refractivity contribution in [3.63, 3.8) is 0 Å². The molecule has 1 fully saturated rings. The lowest BCUT2D eigenvalue weighted by molar-refractivity contribution is -0.152. The molecule has 10 heteroatoms. The van der Waals surface area contributed by atoms with Gasteiger partial charge in [0.05, 0.1) is 30.8 Å². The number of carbonyl (C=O) groups is 3. The van der Waals surface area contributed by atoms with Gasteiger partial charge in [0.15, 0.2) is 11.7 Å². The van der Waals surface area contributed by atoms with E-state index in [2.05, 4.69) is 4.98 Å². The van der Waals surface area contributed by atoms with Crippen molar-refractivity contribution in [1.82, 2.24) is 14.8 Å². The van der Waals surface area contributed by atoms with Gasteiger partial charge in [0.1, 0.15) is 11.6 Å². The Morgan fingerprint density at radius 3 is 2.82 bits per heavy atom. The molecule has 0 spiro atoms. The topological polar surface area (TPSA) is 93.0 Å². The second-order valence-corrected chi connectivity index (χ2v) is 7.92. The first kappa shape index (κ1) is 24.3. The molecular weight excluding hydrogens is 436 g/mol. The highest BCUT2D eigenvalue weighted by Gasteiger charge is 2.30. The summed E-state index contributed by atoms with van der Waals surface area (Å²) in [6.07, 6.45) is 2.90. The third-order valence-electron chi connectivity index (χ3n) is 5.50. The minimum absolute atomic E-state index is 0.0427. The standard InChI is InChI=1S/C23H27F2N3O5/c1-3-32-23(31)15-5-4-10-28(13-15)22(30)14-27(2)21(29)9-8-20-26-12-19(33-20)17-7-6-16(24)11-18(17)25/h6-7,11-12,15H,3-5,8-10,13-14H2,1-2H3. The van der Waals surface area contributed by atoms with Gasteiger partial charge in [-0.2, -0.15) is 0 Å². The Morgan fingerprint density at radius 1 is 1.30 bits per heavy atom. The van der Waals surface area contributed by atoms with E-state index in [0.717, 1.165) is 12.1 Å². The summed E-state index contributed by atoms with van der Waals surface area (Å²) in [5, 5.41) is 0. The number of hydrogen-bond donors (Lipinski definition) is 0. The van der Waals surface area contributed by atoms with Gasteiger partial charge in [0.25, 0.3) is 0 Å². The van der Waals surface area contributed by atoms with E-state index in [1.165, 1.54) is 24.2 Å². The Labute approximate surface area is 190 Å². The Kier molecular flexibility index (Phi) is 8.13. The van der Waals surface area contributed by atoms with Crippen molar-refractivity contribution in [3.05, 3.63) is 41.9 Å². The summed E-state index contributed by atoms with van der Waals surface area (Å²) in [4.78, 5) is 44.0. The Bertz CT molecular complexity index is 1010. The third-order valence-corrected chi connectivity index (χ3v) is 5.50. The number of amides is 2. The summed E-state index contributed by atoms with van der Waals surface area (Å²) in [7, 11) is 1.53. The van der Waals surface area contributed by atoms with E-state index in [-0.39, 0.29) is 60.3 Å². The number of benzene rings is 1. The lowest BCUT2D eigenvalue weighted by Gasteiger charge is -2.32. The van der Waals surface area contributed by atoms with E-state index in [1.807, 2.05) is 0 Å². The number of aryl methyl sites for hydroxylation is 1. The third kappa shape index (κ3) is 6.36. The summed E-state index contributed by atoms with van der Waals surface area (Å²) in [6.45, 7) is 2.76. The molecule has 0 saturated carbocycles. The molecule has 1 aliphatic heterocycles. The van der Waals surface area contributed by atoms with Crippen LogP contribution in [0.5, 0.6) is 0 Å². The van der Waals surface area contributed by atoms with Crippen LogP contribution >= 0.6 is 0 Å².